The van der Waals surface area contributed by atoms with Crippen molar-refractivity contribution in [2.24, 2.45) is 11.7 Å². The van der Waals surface area contributed by atoms with Crippen molar-refractivity contribution in [1.29, 1.82) is 0 Å². The van der Waals surface area contributed by atoms with Crippen molar-refractivity contribution in [2.75, 3.05) is 6.61 Å². The quantitative estimate of drug-likeness (QED) is 0.346. The van der Waals surface area contributed by atoms with Gasteiger partial charge >= 0.3 is 0 Å². The van der Waals surface area contributed by atoms with Crippen molar-refractivity contribution in [2.45, 2.75) is 38.3 Å². The molecular formula is C18H23N3O4. The van der Waals surface area contributed by atoms with Crippen LogP contribution in [0.25, 0.3) is 0 Å². The van der Waals surface area contributed by atoms with E-state index in [4.69, 9.17) is 15.7 Å². The second-order valence-electron chi connectivity index (χ2n) is 6.05. The Morgan fingerprint density at radius 1 is 1.36 bits per heavy atom. The smallest absolute Gasteiger partial charge is 0.267 e. The van der Waals surface area contributed by atoms with Crippen LogP contribution in [0.1, 0.15) is 36.5 Å². The first-order valence-corrected chi connectivity index (χ1v) is 8.23. The van der Waals surface area contributed by atoms with Crippen LogP contribution in [0, 0.1) is 17.8 Å². The van der Waals surface area contributed by atoms with Gasteiger partial charge in [0.1, 0.15) is 18.4 Å². The zero-order valence-corrected chi connectivity index (χ0v) is 14.1. The summed E-state index contributed by atoms with van der Waals surface area (Å²) in [4.78, 5) is 23.7. The molecule has 0 bridgehead atoms. The van der Waals surface area contributed by atoms with Gasteiger partial charge in [0.15, 0.2) is 0 Å². The van der Waals surface area contributed by atoms with Crippen LogP contribution in [0.15, 0.2) is 24.3 Å². The molecule has 0 unspecified atom stereocenters. The molecule has 134 valence electrons. The Hall–Kier alpha value is -2.56. The highest BCUT2D eigenvalue weighted by Crippen LogP contribution is 2.24. The third-order valence-corrected chi connectivity index (χ3v) is 4.04. The van der Waals surface area contributed by atoms with E-state index >= 15 is 0 Å². The Morgan fingerprint density at radius 2 is 2.04 bits per heavy atom. The standard InChI is InChI=1S/C18H23N3O4/c1-12(19)16(18(23)21-24)20-17(22)14-7-9-15(10-8-14)25-11-3-6-13-4-2-5-13/h7-10,12-13,16,24H,2,4-5,11,19H2,1H3,(H,20,22)(H,21,23)/t12-,16+/m1/s1. The molecule has 2 amide bonds. The largest absolute Gasteiger partial charge is 0.481 e. The Labute approximate surface area is 146 Å². The number of rotatable bonds is 6. The van der Waals surface area contributed by atoms with Gasteiger partial charge in [-0.3, -0.25) is 14.8 Å². The van der Waals surface area contributed by atoms with Crippen LogP contribution in [0.2, 0.25) is 0 Å². The maximum Gasteiger partial charge on any atom is 0.267 e. The Bertz CT molecular complexity index is 657. The highest BCUT2D eigenvalue weighted by atomic mass is 16.5. The Morgan fingerprint density at radius 3 is 2.56 bits per heavy atom. The summed E-state index contributed by atoms with van der Waals surface area (Å²) in [6, 6.07) is 4.79. The van der Waals surface area contributed by atoms with Crippen LogP contribution in [-0.2, 0) is 4.79 Å². The summed E-state index contributed by atoms with van der Waals surface area (Å²) in [7, 11) is 0. The number of carbonyl (C=O) groups is 2. The van der Waals surface area contributed by atoms with E-state index in [9.17, 15) is 9.59 Å². The molecule has 0 spiro atoms. The van der Waals surface area contributed by atoms with Crippen LogP contribution >= 0.6 is 0 Å². The lowest BCUT2D eigenvalue weighted by Gasteiger charge is -2.20. The van der Waals surface area contributed by atoms with Gasteiger partial charge < -0.3 is 15.8 Å². The maximum atomic E-state index is 12.2. The first kappa shape index (κ1) is 18.8. The number of hydroxylamine groups is 1. The van der Waals surface area contributed by atoms with Crippen LogP contribution < -0.4 is 21.3 Å². The molecule has 7 heteroatoms. The molecule has 1 aromatic carbocycles. The van der Waals surface area contributed by atoms with Gasteiger partial charge in [0.2, 0.25) is 0 Å². The van der Waals surface area contributed by atoms with Crippen molar-refractivity contribution in [1.82, 2.24) is 10.8 Å². The predicted molar refractivity (Wildman–Crippen MR) is 91.9 cm³/mol. The summed E-state index contributed by atoms with van der Waals surface area (Å²) < 4.78 is 5.51. The highest BCUT2D eigenvalue weighted by Gasteiger charge is 2.24. The average Bonchev–Trinajstić information content (AvgIpc) is 2.57. The van der Waals surface area contributed by atoms with E-state index in [1.165, 1.54) is 24.7 Å². The number of ether oxygens (including phenoxy) is 1. The maximum absolute atomic E-state index is 12.2. The number of benzene rings is 1. The van der Waals surface area contributed by atoms with E-state index in [-0.39, 0.29) is 0 Å². The van der Waals surface area contributed by atoms with Gasteiger partial charge in [-0.2, -0.15) is 0 Å². The lowest BCUT2D eigenvalue weighted by atomic mass is 9.86. The molecule has 7 nitrogen and oxygen atoms in total. The van der Waals surface area contributed by atoms with Crippen molar-refractivity contribution in [3.63, 3.8) is 0 Å². The summed E-state index contributed by atoms with van der Waals surface area (Å²) in [5.74, 6) is 6.04. The highest BCUT2D eigenvalue weighted by molar-refractivity contribution is 5.97. The minimum atomic E-state index is -1.03. The molecule has 1 aliphatic rings. The Kier molecular flexibility index (Phi) is 6.81. The van der Waals surface area contributed by atoms with E-state index in [1.54, 1.807) is 31.2 Å². The van der Waals surface area contributed by atoms with E-state index in [1.807, 2.05) is 0 Å². The fraction of sp³-hybridized carbons (Fsp3) is 0.444. The molecule has 2 atom stereocenters. The second-order valence-corrected chi connectivity index (χ2v) is 6.05. The molecule has 1 fully saturated rings. The fourth-order valence-electron chi connectivity index (χ4n) is 2.29. The number of nitrogens with one attached hydrogen (secondary N) is 2. The van der Waals surface area contributed by atoms with Crippen molar-refractivity contribution < 1.29 is 19.5 Å². The third-order valence-electron chi connectivity index (χ3n) is 4.04. The zero-order chi connectivity index (χ0) is 18.2. The van der Waals surface area contributed by atoms with Gasteiger partial charge in [0.05, 0.1) is 0 Å². The van der Waals surface area contributed by atoms with Crippen LogP contribution in [-0.4, -0.2) is 35.7 Å². The van der Waals surface area contributed by atoms with Crippen molar-refractivity contribution >= 4 is 11.8 Å². The van der Waals surface area contributed by atoms with Crippen LogP contribution in [0.4, 0.5) is 0 Å². The fourth-order valence-corrected chi connectivity index (χ4v) is 2.29. The second kappa shape index (κ2) is 9.06. The summed E-state index contributed by atoms with van der Waals surface area (Å²) in [5.41, 5.74) is 7.49. The SMILES string of the molecule is C[C@@H](N)[C@H](NC(=O)c1ccc(OCC#CC2CCC2)cc1)C(=O)NO. The molecule has 1 aliphatic carbocycles. The third kappa shape index (κ3) is 5.48. The molecule has 0 aliphatic heterocycles. The summed E-state index contributed by atoms with van der Waals surface area (Å²) in [6.07, 6.45) is 3.61. The minimum Gasteiger partial charge on any atom is -0.481 e. The summed E-state index contributed by atoms with van der Waals surface area (Å²) in [5, 5.41) is 11.2. The lowest BCUT2D eigenvalue weighted by molar-refractivity contribution is -0.131. The van der Waals surface area contributed by atoms with Gasteiger partial charge in [0, 0.05) is 17.5 Å². The number of nitrogens with two attached hydrogens (primary N) is 1. The van der Waals surface area contributed by atoms with E-state index < -0.39 is 23.9 Å². The first-order valence-electron chi connectivity index (χ1n) is 8.23. The molecule has 5 N–H and O–H groups in total. The van der Waals surface area contributed by atoms with E-state index in [0.717, 1.165) is 0 Å². The summed E-state index contributed by atoms with van der Waals surface area (Å²) in [6.45, 7) is 1.87. The topological polar surface area (TPSA) is 114 Å². The van der Waals surface area contributed by atoms with Gasteiger partial charge in [0.25, 0.3) is 11.8 Å². The summed E-state index contributed by atoms with van der Waals surface area (Å²) >= 11 is 0. The van der Waals surface area contributed by atoms with Crippen LogP contribution in [0.3, 0.4) is 0 Å². The molecule has 1 aromatic rings. The van der Waals surface area contributed by atoms with Gasteiger partial charge in [-0.15, -0.1) is 0 Å². The lowest BCUT2D eigenvalue weighted by Crippen LogP contribution is -2.54. The molecule has 0 heterocycles. The van der Waals surface area contributed by atoms with Gasteiger partial charge in [-0.25, -0.2) is 5.48 Å². The molecule has 0 radical (unpaired) electrons. The number of hydrogen-bond donors (Lipinski definition) is 4. The molecular weight excluding hydrogens is 322 g/mol. The molecule has 2 rings (SSSR count). The minimum absolute atomic E-state index is 0.311. The normalized spacial score (nSPS) is 15.8. The van der Waals surface area contributed by atoms with Crippen molar-refractivity contribution in [3.8, 4) is 17.6 Å². The monoisotopic (exact) mass is 345 g/mol. The molecule has 1 saturated carbocycles. The zero-order valence-electron chi connectivity index (χ0n) is 14.1. The molecule has 0 saturated heterocycles. The van der Waals surface area contributed by atoms with E-state index in [0.29, 0.717) is 23.8 Å². The average molecular weight is 345 g/mol. The molecule has 0 aromatic heterocycles. The Balaban J connectivity index is 1.87. The van der Waals surface area contributed by atoms with E-state index in [2.05, 4.69) is 17.2 Å². The van der Waals surface area contributed by atoms with Gasteiger partial charge in [-0.1, -0.05) is 18.3 Å². The number of amides is 2. The number of hydrogen-bond acceptors (Lipinski definition) is 5. The number of carbonyl (C=O) groups excluding carboxylic acids is 2. The first-order chi connectivity index (χ1) is 12.0. The predicted octanol–water partition coefficient (Wildman–Crippen LogP) is 0.820. The molecule has 25 heavy (non-hydrogen) atoms. The van der Waals surface area contributed by atoms with Gasteiger partial charge in [-0.05, 0) is 44.0 Å². The van der Waals surface area contributed by atoms with Crippen LogP contribution in [0.5, 0.6) is 5.75 Å². The van der Waals surface area contributed by atoms with Crippen molar-refractivity contribution in [3.05, 3.63) is 29.8 Å².